The molecule has 0 aliphatic carbocycles. The Labute approximate surface area is 131 Å². The Kier molecular flexibility index (Phi) is 4.98. The predicted octanol–water partition coefficient (Wildman–Crippen LogP) is 1.52. The third-order valence-corrected chi connectivity index (χ3v) is 4.32. The average Bonchev–Trinajstić information content (AvgIpc) is 2.46. The minimum absolute atomic E-state index is 0.0176. The molecule has 2 rings (SSSR count). The summed E-state index contributed by atoms with van der Waals surface area (Å²) in [6, 6.07) is 6.99. The van der Waals surface area contributed by atoms with Crippen LogP contribution in [0.25, 0.3) is 0 Å². The van der Waals surface area contributed by atoms with E-state index in [1.165, 1.54) is 0 Å². The van der Waals surface area contributed by atoms with Crippen LogP contribution in [0.15, 0.2) is 24.3 Å². The lowest BCUT2D eigenvalue weighted by atomic mass is 10.1. The third-order valence-electron chi connectivity index (χ3n) is 3.60. The molecule has 1 unspecified atom stereocenters. The van der Waals surface area contributed by atoms with Gasteiger partial charge in [-0.1, -0.05) is 0 Å². The maximum absolute atomic E-state index is 12.3. The zero-order valence-corrected chi connectivity index (χ0v) is 13.4. The van der Waals surface area contributed by atoms with E-state index in [9.17, 15) is 9.59 Å². The van der Waals surface area contributed by atoms with Gasteiger partial charge < -0.3 is 10.0 Å². The van der Waals surface area contributed by atoms with Gasteiger partial charge >= 0.3 is 5.97 Å². The molecule has 0 spiro atoms. The number of hydrogen-bond acceptors (Lipinski definition) is 3. The first-order chi connectivity index (χ1) is 9.49. The van der Waals surface area contributed by atoms with Crippen LogP contribution in [0, 0.1) is 3.57 Å². The van der Waals surface area contributed by atoms with E-state index in [-0.39, 0.29) is 5.91 Å². The Morgan fingerprint density at radius 3 is 2.20 bits per heavy atom. The van der Waals surface area contributed by atoms with Crippen molar-refractivity contribution in [2.75, 3.05) is 26.2 Å². The van der Waals surface area contributed by atoms with Crippen LogP contribution in [-0.2, 0) is 4.79 Å². The molecule has 0 saturated carbocycles. The van der Waals surface area contributed by atoms with Crippen molar-refractivity contribution in [1.29, 1.82) is 0 Å². The van der Waals surface area contributed by atoms with Crippen LogP contribution in [0.4, 0.5) is 0 Å². The quantitative estimate of drug-likeness (QED) is 0.798. The fourth-order valence-electron chi connectivity index (χ4n) is 2.24. The van der Waals surface area contributed by atoms with Gasteiger partial charge in [-0.05, 0) is 53.8 Å². The van der Waals surface area contributed by atoms with Crippen LogP contribution >= 0.6 is 22.6 Å². The summed E-state index contributed by atoms with van der Waals surface area (Å²) in [6.45, 7) is 4.02. The first-order valence-corrected chi connectivity index (χ1v) is 7.58. The molecule has 0 bridgehead atoms. The number of nitrogens with zero attached hydrogens (tertiary/aromatic N) is 2. The number of rotatable bonds is 3. The molecular formula is C14H17IN2O3. The van der Waals surface area contributed by atoms with Crippen LogP contribution < -0.4 is 0 Å². The second kappa shape index (κ2) is 6.53. The maximum atomic E-state index is 12.3. The van der Waals surface area contributed by atoms with Crippen molar-refractivity contribution >= 4 is 34.5 Å². The van der Waals surface area contributed by atoms with Gasteiger partial charge in [0.25, 0.3) is 5.91 Å². The Bertz CT molecular complexity index is 496. The molecule has 5 nitrogen and oxygen atoms in total. The molecule has 1 saturated heterocycles. The second-order valence-corrected chi connectivity index (χ2v) is 6.09. The Hall–Kier alpha value is -1.15. The molecule has 1 N–H and O–H groups in total. The highest BCUT2D eigenvalue weighted by atomic mass is 127. The summed E-state index contributed by atoms with van der Waals surface area (Å²) in [5.41, 5.74) is 0.685. The standard InChI is InChI=1S/C14H17IN2O3/c1-10(14(19)20)16-6-8-17(9-7-16)13(18)11-2-4-12(15)5-3-11/h2-5,10H,6-9H2,1H3,(H,19,20). The third kappa shape index (κ3) is 3.49. The van der Waals surface area contributed by atoms with Crippen molar-refractivity contribution in [2.45, 2.75) is 13.0 Å². The lowest BCUT2D eigenvalue weighted by molar-refractivity contribution is -0.143. The number of aliphatic carboxylic acids is 1. The molecule has 20 heavy (non-hydrogen) atoms. The fourth-order valence-corrected chi connectivity index (χ4v) is 2.60. The van der Waals surface area contributed by atoms with Crippen molar-refractivity contribution < 1.29 is 14.7 Å². The van der Waals surface area contributed by atoms with Crippen LogP contribution in [0.3, 0.4) is 0 Å². The number of halogens is 1. The van der Waals surface area contributed by atoms with Crippen molar-refractivity contribution in [3.8, 4) is 0 Å². The van der Waals surface area contributed by atoms with E-state index in [0.717, 1.165) is 3.57 Å². The van der Waals surface area contributed by atoms with E-state index < -0.39 is 12.0 Å². The van der Waals surface area contributed by atoms with Gasteiger partial charge in [0, 0.05) is 35.3 Å². The zero-order valence-electron chi connectivity index (χ0n) is 11.3. The lowest BCUT2D eigenvalue weighted by Crippen LogP contribution is -2.53. The summed E-state index contributed by atoms with van der Waals surface area (Å²) in [4.78, 5) is 26.9. The number of amides is 1. The van der Waals surface area contributed by atoms with Gasteiger partial charge in [0.1, 0.15) is 6.04 Å². The van der Waals surface area contributed by atoms with E-state index in [2.05, 4.69) is 22.6 Å². The summed E-state index contributed by atoms with van der Waals surface area (Å²) in [6.07, 6.45) is 0. The lowest BCUT2D eigenvalue weighted by Gasteiger charge is -2.36. The molecule has 1 fully saturated rings. The smallest absolute Gasteiger partial charge is 0.320 e. The van der Waals surface area contributed by atoms with Gasteiger partial charge in [-0.2, -0.15) is 0 Å². The summed E-state index contributed by atoms with van der Waals surface area (Å²) < 4.78 is 1.10. The second-order valence-electron chi connectivity index (χ2n) is 4.85. The first kappa shape index (κ1) is 15.2. The van der Waals surface area contributed by atoms with Gasteiger partial charge in [0.15, 0.2) is 0 Å². The molecule has 1 aromatic carbocycles. The number of carbonyl (C=O) groups is 2. The molecule has 1 aromatic rings. The number of carboxylic acid groups (broad SMARTS) is 1. The summed E-state index contributed by atoms with van der Waals surface area (Å²) >= 11 is 2.20. The number of carboxylic acids is 1. The van der Waals surface area contributed by atoms with E-state index in [1.807, 2.05) is 29.2 Å². The number of piperazine rings is 1. The van der Waals surface area contributed by atoms with Gasteiger partial charge in [-0.25, -0.2) is 0 Å². The molecule has 108 valence electrons. The first-order valence-electron chi connectivity index (χ1n) is 6.50. The van der Waals surface area contributed by atoms with Crippen molar-refractivity contribution in [1.82, 2.24) is 9.80 Å². The molecule has 1 atom stereocenters. The normalized spacial score (nSPS) is 17.8. The Balaban J connectivity index is 1.95. The Morgan fingerprint density at radius 1 is 1.15 bits per heavy atom. The molecule has 0 radical (unpaired) electrons. The van der Waals surface area contributed by atoms with Crippen molar-refractivity contribution in [3.63, 3.8) is 0 Å². The van der Waals surface area contributed by atoms with E-state index in [0.29, 0.717) is 31.7 Å². The SMILES string of the molecule is CC(C(=O)O)N1CCN(C(=O)c2ccc(I)cc2)CC1. The number of hydrogen-bond donors (Lipinski definition) is 1. The monoisotopic (exact) mass is 388 g/mol. The summed E-state index contributed by atoms with van der Waals surface area (Å²) in [7, 11) is 0. The van der Waals surface area contributed by atoms with Crippen LogP contribution in [0.5, 0.6) is 0 Å². The molecule has 1 amide bonds. The molecule has 1 heterocycles. The highest BCUT2D eigenvalue weighted by molar-refractivity contribution is 14.1. The summed E-state index contributed by atoms with van der Waals surface area (Å²) in [5.74, 6) is -0.800. The highest BCUT2D eigenvalue weighted by Crippen LogP contribution is 2.12. The van der Waals surface area contributed by atoms with Crippen LogP contribution in [-0.4, -0.2) is 59.0 Å². The van der Waals surface area contributed by atoms with Crippen molar-refractivity contribution in [3.05, 3.63) is 33.4 Å². The summed E-state index contributed by atoms with van der Waals surface area (Å²) in [5, 5.41) is 8.99. The van der Waals surface area contributed by atoms with Gasteiger partial charge in [0.05, 0.1) is 0 Å². The molecule has 6 heteroatoms. The molecular weight excluding hydrogens is 371 g/mol. The predicted molar refractivity (Wildman–Crippen MR) is 83.7 cm³/mol. The molecule has 1 aliphatic heterocycles. The van der Waals surface area contributed by atoms with E-state index in [4.69, 9.17) is 5.11 Å². The largest absolute Gasteiger partial charge is 0.480 e. The van der Waals surface area contributed by atoms with Gasteiger partial charge in [0.2, 0.25) is 0 Å². The number of carbonyl (C=O) groups excluding carboxylic acids is 1. The van der Waals surface area contributed by atoms with Gasteiger partial charge in [-0.15, -0.1) is 0 Å². The van der Waals surface area contributed by atoms with Gasteiger partial charge in [-0.3, -0.25) is 14.5 Å². The van der Waals surface area contributed by atoms with Crippen molar-refractivity contribution in [2.24, 2.45) is 0 Å². The van der Waals surface area contributed by atoms with Crippen LogP contribution in [0.1, 0.15) is 17.3 Å². The highest BCUT2D eigenvalue weighted by Gasteiger charge is 2.27. The maximum Gasteiger partial charge on any atom is 0.320 e. The fraction of sp³-hybridized carbons (Fsp3) is 0.429. The Morgan fingerprint density at radius 2 is 1.70 bits per heavy atom. The zero-order chi connectivity index (χ0) is 14.7. The minimum atomic E-state index is -0.817. The van der Waals surface area contributed by atoms with E-state index >= 15 is 0 Å². The topological polar surface area (TPSA) is 60.9 Å². The molecule has 0 aromatic heterocycles. The minimum Gasteiger partial charge on any atom is -0.480 e. The van der Waals surface area contributed by atoms with Crippen LogP contribution in [0.2, 0.25) is 0 Å². The number of benzene rings is 1. The average molecular weight is 388 g/mol. The molecule has 1 aliphatic rings. The van der Waals surface area contributed by atoms with E-state index in [1.54, 1.807) is 11.8 Å².